The van der Waals surface area contributed by atoms with E-state index in [0.717, 1.165) is 27.3 Å². The van der Waals surface area contributed by atoms with E-state index in [-0.39, 0.29) is 11.8 Å². The van der Waals surface area contributed by atoms with Crippen molar-refractivity contribution in [2.24, 2.45) is 0 Å². The van der Waals surface area contributed by atoms with Crippen molar-refractivity contribution in [3.05, 3.63) is 76.8 Å². The highest BCUT2D eigenvalue weighted by Crippen LogP contribution is 2.27. The van der Waals surface area contributed by atoms with Crippen molar-refractivity contribution in [3.8, 4) is 10.7 Å². The first-order valence-electron chi connectivity index (χ1n) is 8.68. The zero-order valence-electron chi connectivity index (χ0n) is 14.3. The predicted octanol–water partition coefficient (Wildman–Crippen LogP) is 4.13. The third-order valence-electron chi connectivity index (χ3n) is 4.78. The quantitative estimate of drug-likeness (QED) is 0.547. The standard InChI is InChI=1S/C21H15N3O2S/c25-20-15-6-2-3-7-16(15)21(26)24(20)10-9-14-12-27-19(22-14)18-11-13-5-1-4-8-17(13)23-18/h1-8,11-12,23H,9-10H2. The van der Waals surface area contributed by atoms with E-state index >= 15 is 0 Å². The van der Waals surface area contributed by atoms with Gasteiger partial charge in [0.05, 0.1) is 22.5 Å². The molecule has 5 rings (SSSR count). The lowest BCUT2D eigenvalue weighted by Gasteiger charge is -2.12. The summed E-state index contributed by atoms with van der Waals surface area (Å²) < 4.78 is 0. The fraction of sp³-hybridized carbons (Fsp3) is 0.0952. The van der Waals surface area contributed by atoms with Crippen LogP contribution < -0.4 is 0 Å². The van der Waals surface area contributed by atoms with Crippen LogP contribution in [0.1, 0.15) is 26.4 Å². The molecule has 2 aromatic carbocycles. The van der Waals surface area contributed by atoms with E-state index in [1.807, 2.05) is 23.6 Å². The van der Waals surface area contributed by atoms with E-state index in [1.54, 1.807) is 35.6 Å². The molecule has 0 fully saturated rings. The molecule has 132 valence electrons. The average molecular weight is 373 g/mol. The van der Waals surface area contributed by atoms with Gasteiger partial charge in [-0.15, -0.1) is 11.3 Å². The average Bonchev–Trinajstić information content (AvgIpc) is 3.39. The van der Waals surface area contributed by atoms with Crippen LogP contribution in [-0.4, -0.2) is 33.2 Å². The molecule has 0 spiro atoms. The Morgan fingerprint density at radius 2 is 1.67 bits per heavy atom. The third kappa shape index (κ3) is 2.65. The number of thiazole rings is 1. The molecule has 4 aromatic rings. The maximum Gasteiger partial charge on any atom is 0.261 e. The Morgan fingerprint density at radius 1 is 0.963 bits per heavy atom. The molecule has 0 atom stereocenters. The van der Waals surface area contributed by atoms with Crippen LogP contribution in [0.4, 0.5) is 0 Å². The Balaban J connectivity index is 1.33. The number of nitrogens with zero attached hydrogens (tertiary/aromatic N) is 2. The highest BCUT2D eigenvalue weighted by Gasteiger charge is 2.34. The van der Waals surface area contributed by atoms with Crippen LogP contribution in [0.5, 0.6) is 0 Å². The number of hydrogen-bond donors (Lipinski definition) is 1. The molecule has 0 bridgehead atoms. The maximum atomic E-state index is 12.4. The van der Waals surface area contributed by atoms with E-state index in [2.05, 4.69) is 22.1 Å². The van der Waals surface area contributed by atoms with Crippen LogP contribution in [0, 0.1) is 0 Å². The Bertz CT molecular complexity index is 1120. The van der Waals surface area contributed by atoms with Gasteiger partial charge >= 0.3 is 0 Å². The van der Waals surface area contributed by atoms with Crippen molar-refractivity contribution in [2.45, 2.75) is 6.42 Å². The van der Waals surface area contributed by atoms with Crippen molar-refractivity contribution in [3.63, 3.8) is 0 Å². The first-order valence-corrected chi connectivity index (χ1v) is 9.56. The molecule has 27 heavy (non-hydrogen) atoms. The molecule has 6 heteroatoms. The number of aromatic nitrogens is 2. The molecule has 1 aliphatic rings. The number of benzene rings is 2. The lowest BCUT2D eigenvalue weighted by molar-refractivity contribution is 0.0656. The molecule has 3 heterocycles. The van der Waals surface area contributed by atoms with Gasteiger partial charge in [-0.1, -0.05) is 30.3 Å². The van der Waals surface area contributed by atoms with Crippen molar-refractivity contribution in [1.29, 1.82) is 0 Å². The van der Waals surface area contributed by atoms with Gasteiger partial charge in [0.2, 0.25) is 0 Å². The van der Waals surface area contributed by atoms with Crippen LogP contribution in [0.2, 0.25) is 0 Å². The minimum atomic E-state index is -0.221. The van der Waals surface area contributed by atoms with Crippen molar-refractivity contribution in [2.75, 3.05) is 6.54 Å². The summed E-state index contributed by atoms with van der Waals surface area (Å²) in [5.74, 6) is -0.441. The predicted molar refractivity (Wildman–Crippen MR) is 105 cm³/mol. The van der Waals surface area contributed by atoms with Gasteiger partial charge in [0.1, 0.15) is 5.01 Å². The number of para-hydroxylation sites is 1. The van der Waals surface area contributed by atoms with Gasteiger partial charge in [0, 0.05) is 29.2 Å². The number of nitrogens with one attached hydrogen (secondary N) is 1. The van der Waals surface area contributed by atoms with Crippen LogP contribution >= 0.6 is 11.3 Å². The lowest BCUT2D eigenvalue weighted by Crippen LogP contribution is -2.31. The Morgan fingerprint density at radius 3 is 2.41 bits per heavy atom. The summed E-state index contributed by atoms with van der Waals surface area (Å²) in [5, 5.41) is 4.04. The minimum Gasteiger partial charge on any atom is -0.353 e. The van der Waals surface area contributed by atoms with Gasteiger partial charge in [0.25, 0.3) is 11.8 Å². The fourth-order valence-corrected chi connectivity index (χ4v) is 4.23. The Kier molecular flexibility index (Phi) is 3.65. The summed E-state index contributed by atoms with van der Waals surface area (Å²) in [5.41, 5.74) is 3.91. The fourth-order valence-electron chi connectivity index (χ4n) is 3.40. The van der Waals surface area contributed by atoms with E-state index in [1.165, 1.54) is 4.90 Å². The zero-order chi connectivity index (χ0) is 18.4. The highest BCUT2D eigenvalue weighted by molar-refractivity contribution is 7.13. The van der Waals surface area contributed by atoms with Crippen molar-refractivity contribution >= 4 is 34.1 Å². The molecule has 0 unspecified atom stereocenters. The van der Waals surface area contributed by atoms with Gasteiger partial charge in [0.15, 0.2) is 0 Å². The molecular formula is C21H15N3O2S. The Labute approximate surface area is 159 Å². The van der Waals surface area contributed by atoms with Crippen LogP contribution in [-0.2, 0) is 6.42 Å². The topological polar surface area (TPSA) is 66.1 Å². The minimum absolute atomic E-state index is 0.221. The van der Waals surface area contributed by atoms with Gasteiger partial charge in [-0.3, -0.25) is 14.5 Å². The normalized spacial score (nSPS) is 13.6. The number of hydrogen-bond acceptors (Lipinski definition) is 4. The Hall–Kier alpha value is -3.25. The van der Waals surface area contributed by atoms with Crippen molar-refractivity contribution < 1.29 is 9.59 Å². The van der Waals surface area contributed by atoms with Gasteiger partial charge in [-0.25, -0.2) is 4.98 Å². The molecular weight excluding hydrogens is 358 g/mol. The highest BCUT2D eigenvalue weighted by atomic mass is 32.1. The lowest BCUT2D eigenvalue weighted by atomic mass is 10.1. The number of H-pyrrole nitrogens is 1. The number of fused-ring (bicyclic) bond motifs is 2. The van der Waals surface area contributed by atoms with E-state index < -0.39 is 0 Å². The monoisotopic (exact) mass is 373 g/mol. The summed E-state index contributed by atoms with van der Waals surface area (Å²) in [7, 11) is 0. The first kappa shape index (κ1) is 16.0. The molecule has 0 radical (unpaired) electrons. The number of carbonyl (C=O) groups excluding carboxylic acids is 2. The van der Waals surface area contributed by atoms with Crippen LogP contribution in [0.25, 0.3) is 21.6 Å². The second-order valence-electron chi connectivity index (χ2n) is 6.47. The summed E-state index contributed by atoms with van der Waals surface area (Å²) in [6.45, 7) is 0.336. The molecule has 0 aliphatic carbocycles. The molecule has 2 amide bonds. The smallest absolute Gasteiger partial charge is 0.261 e. The summed E-state index contributed by atoms with van der Waals surface area (Å²) in [6, 6.07) is 17.1. The molecule has 5 nitrogen and oxygen atoms in total. The van der Waals surface area contributed by atoms with E-state index in [9.17, 15) is 9.59 Å². The summed E-state index contributed by atoms with van der Waals surface area (Å²) in [4.78, 5) is 34.2. The van der Waals surface area contributed by atoms with E-state index in [4.69, 9.17) is 0 Å². The van der Waals surface area contributed by atoms with Crippen LogP contribution in [0.3, 0.4) is 0 Å². The number of imide groups is 1. The van der Waals surface area contributed by atoms with Crippen molar-refractivity contribution in [1.82, 2.24) is 14.9 Å². The molecule has 1 aliphatic heterocycles. The number of rotatable bonds is 4. The first-order chi connectivity index (χ1) is 13.2. The largest absolute Gasteiger partial charge is 0.353 e. The van der Waals surface area contributed by atoms with Gasteiger partial charge < -0.3 is 4.98 Å². The maximum absolute atomic E-state index is 12.4. The van der Waals surface area contributed by atoms with Gasteiger partial charge in [-0.05, 0) is 24.3 Å². The number of amides is 2. The third-order valence-corrected chi connectivity index (χ3v) is 5.71. The SMILES string of the molecule is O=C1c2ccccc2C(=O)N1CCc1csc(-c2cc3ccccc3[nH]2)n1. The van der Waals surface area contributed by atoms with Gasteiger partial charge in [-0.2, -0.15) is 0 Å². The second-order valence-corrected chi connectivity index (χ2v) is 7.33. The van der Waals surface area contributed by atoms with Crippen LogP contribution in [0.15, 0.2) is 60.0 Å². The van der Waals surface area contributed by atoms with E-state index in [0.29, 0.717) is 24.1 Å². The molecule has 0 saturated heterocycles. The molecule has 0 saturated carbocycles. The molecule has 1 N–H and O–H groups in total. The number of carbonyl (C=O) groups is 2. The summed E-state index contributed by atoms with van der Waals surface area (Å²) in [6.07, 6.45) is 0.544. The number of aromatic amines is 1. The second kappa shape index (κ2) is 6.17. The molecule has 2 aromatic heterocycles. The zero-order valence-corrected chi connectivity index (χ0v) is 15.1. The summed E-state index contributed by atoms with van der Waals surface area (Å²) >= 11 is 1.56.